The van der Waals surface area contributed by atoms with Gasteiger partial charge in [-0.3, -0.25) is 4.79 Å². The minimum Gasteiger partial charge on any atom is -0.349 e. The first kappa shape index (κ1) is 17.7. The van der Waals surface area contributed by atoms with Gasteiger partial charge in [0, 0.05) is 11.6 Å². The highest BCUT2D eigenvalue weighted by Crippen LogP contribution is 2.23. The van der Waals surface area contributed by atoms with Crippen LogP contribution >= 0.6 is 0 Å². The van der Waals surface area contributed by atoms with E-state index in [1.54, 1.807) is 0 Å². The molecule has 3 heteroatoms. The molecule has 1 aliphatic rings. The van der Waals surface area contributed by atoms with Gasteiger partial charge in [0.2, 0.25) is 0 Å². The number of rotatable bonds is 3. The average molecular weight is 314 g/mol. The summed E-state index contributed by atoms with van der Waals surface area (Å²) in [7, 11) is 2.13. The quantitative estimate of drug-likeness (QED) is 0.916. The number of nitrogens with zero attached hydrogens (tertiary/aromatic N) is 1. The highest BCUT2D eigenvalue weighted by molar-refractivity contribution is 5.94. The minimum atomic E-state index is 0.0450. The predicted molar refractivity (Wildman–Crippen MR) is 97.5 cm³/mol. The normalized spacial score (nSPS) is 18.0. The average Bonchev–Trinajstić information content (AvgIpc) is 2.48. The molecule has 1 fully saturated rings. The summed E-state index contributed by atoms with van der Waals surface area (Å²) in [5.41, 5.74) is 3.33. The Balaban J connectivity index is 1.99. The fraction of sp³-hybridized carbons (Fsp3) is 0.550. The zero-order chi connectivity index (χ0) is 17.0. The molecule has 23 heavy (non-hydrogen) atoms. The van der Waals surface area contributed by atoms with Crippen LogP contribution in [0.3, 0.4) is 0 Å². The number of hydrogen-bond donors (Lipinski definition) is 1. The molecule has 0 atom stereocenters. The van der Waals surface area contributed by atoms with Gasteiger partial charge < -0.3 is 10.2 Å². The van der Waals surface area contributed by atoms with Gasteiger partial charge >= 0.3 is 0 Å². The van der Waals surface area contributed by atoms with E-state index in [0.29, 0.717) is 6.04 Å². The van der Waals surface area contributed by atoms with Crippen molar-refractivity contribution in [2.45, 2.75) is 46.6 Å². The maximum absolute atomic E-state index is 12.4. The molecule has 1 N–H and O–H groups in total. The Morgan fingerprint density at radius 1 is 1.13 bits per heavy atom. The van der Waals surface area contributed by atoms with Gasteiger partial charge in [0.15, 0.2) is 0 Å². The summed E-state index contributed by atoms with van der Waals surface area (Å²) < 4.78 is 0. The first-order chi connectivity index (χ1) is 10.7. The van der Waals surface area contributed by atoms with Crippen LogP contribution in [-0.2, 0) is 0 Å². The van der Waals surface area contributed by atoms with Gasteiger partial charge in [0.05, 0.1) is 0 Å². The van der Waals surface area contributed by atoms with Crippen LogP contribution in [0.4, 0.5) is 0 Å². The van der Waals surface area contributed by atoms with Gasteiger partial charge in [-0.1, -0.05) is 39.0 Å². The first-order valence-electron chi connectivity index (χ1n) is 8.54. The molecule has 2 rings (SSSR count). The summed E-state index contributed by atoms with van der Waals surface area (Å²) in [6.45, 7) is 10.8. The molecule has 3 nitrogen and oxygen atoms in total. The van der Waals surface area contributed by atoms with Crippen LogP contribution in [0.15, 0.2) is 30.3 Å². The third kappa shape index (κ3) is 5.51. The summed E-state index contributed by atoms with van der Waals surface area (Å²) in [4.78, 5) is 14.7. The molecule has 0 aromatic heterocycles. The molecule has 1 amide bonds. The first-order valence-corrected chi connectivity index (χ1v) is 8.54. The molecule has 1 aromatic carbocycles. The largest absolute Gasteiger partial charge is 0.349 e. The third-order valence-electron chi connectivity index (χ3n) is 4.31. The molecule has 0 unspecified atom stereocenters. The van der Waals surface area contributed by atoms with Crippen LogP contribution in [0.1, 0.15) is 56.5 Å². The molecule has 0 spiro atoms. The number of nitrogens with one attached hydrogen (secondary N) is 1. The summed E-state index contributed by atoms with van der Waals surface area (Å²) in [6, 6.07) is 8.25. The van der Waals surface area contributed by atoms with E-state index in [1.165, 1.54) is 11.1 Å². The summed E-state index contributed by atoms with van der Waals surface area (Å²) in [5, 5.41) is 3.16. The van der Waals surface area contributed by atoms with Crippen molar-refractivity contribution in [2.24, 2.45) is 5.41 Å². The van der Waals surface area contributed by atoms with Crippen LogP contribution in [0.5, 0.6) is 0 Å². The fourth-order valence-corrected chi connectivity index (χ4v) is 3.04. The molecule has 0 saturated carbocycles. The van der Waals surface area contributed by atoms with E-state index in [4.69, 9.17) is 0 Å². The molecule has 1 aliphatic heterocycles. The number of carbonyl (C=O) groups excluding carboxylic acids is 1. The van der Waals surface area contributed by atoms with Crippen molar-refractivity contribution in [3.63, 3.8) is 0 Å². The Morgan fingerprint density at radius 2 is 1.65 bits per heavy atom. The number of amides is 1. The van der Waals surface area contributed by atoms with Crippen LogP contribution < -0.4 is 5.32 Å². The second-order valence-corrected chi connectivity index (χ2v) is 7.82. The number of carbonyl (C=O) groups is 1. The standard InChI is InChI=1S/C20H30N2O/c1-15(14-20(2,3)4)16-6-8-17(9-7-16)19(23)21-18-10-12-22(5)13-11-18/h6-9,14,18H,10-13H2,1-5H3,(H,21,23)/b15-14+. The molecule has 1 saturated heterocycles. The van der Waals surface area contributed by atoms with E-state index in [1.807, 2.05) is 24.3 Å². The van der Waals surface area contributed by atoms with Gasteiger partial charge in [-0.2, -0.15) is 0 Å². The fourth-order valence-electron chi connectivity index (χ4n) is 3.04. The zero-order valence-electron chi connectivity index (χ0n) is 15.1. The molecular weight excluding hydrogens is 284 g/mol. The van der Waals surface area contributed by atoms with E-state index in [-0.39, 0.29) is 11.3 Å². The lowest BCUT2D eigenvalue weighted by Gasteiger charge is -2.29. The maximum atomic E-state index is 12.4. The molecular formula is C20H30N2O. The monoisotopic (exact) mass is 314 g/mol. The van der Waals surface area contributed by atoms with Gasteiger partial charge in [-0.25, -0.2) is 0 Å². The van der Waals surface area contributed by atoms with Crippen LogP contribution in [0, 0.1) is 5.41 Å². The Morgan fingerprint density at radius 3 is 2.17 bits per heavy atom. The summed E-state index contributed by atoms with van der Waals surface area (Å²) in [6.07, 6.45) is 4.34. The molecule has 0 aliphatic carbocycles. The molecule has 0 bridgehead atoms. The van der Waals surface area contributed by atoms with E-state index >= 15 is 0 Å². The number of hydrogen-bond acceptors (Lipinski definition) is 2. The van der Waals surface area contributed by atoms with Gasteiger partial charge in [-0.05, 0) is 68.6 Å². The van der Waals surface area contributed by atoms with Gasteiger partial charge in [-0.15, -0.1) is 0 Å². The Labute approximate surface area is 140 Å². The smallest absolute Gasteiger partial charge is 0.251 e. The van der Waals surface area contributed by atoms with Crippen LogP contribution in [0.2, 0.25) is 0 Å². The Bertz CT molecular complexity index is 558. The highest BCUT2D eigenvalue weighted by Gasteiger charge is 2.19. The molecule has 1 heterocycles. The molecule has 0 radical (unpaired) electrons. The lowest BCUT2D eigenvalue weighted by molar-refractivity contribution is 0.0917. The lowest BCUT2D eigenvalue weighted by Crippen LogP contribution is -2.43. The lowest BCUT2D eigenvalue weighted by atomic mass is 9.91. The molecule has 126 valence electrons. The van der Waals surface area contributed by atoms with E-state index < -0.39 is 0 Å². The van der Waals surface area contributed by atoms with Gasteiger partial charge in [0.1, 0.15) is 0 Å². The van der Waals surface area contributed by atoms with Crippen molar-refractivity contribution in [2.75, 3.05) is 20.1 Å². The predicted octanol–water partition coefficient (Wildman–Crippen LogP) is 3.96. The van der Waals surface area contributed by atoms with Gasteiger partial charge in [0.25, 0.3) is 5.91 Å². The van der Waals surface area contributed by atoms with E-state index in [0.717, 1.165) is 31.5 Å². The number of likely N-dealkylation sites (tertiary alicyclic amines) is 1. The van der Waals surface area contributed by atoms with Crippen LogP contribution in [-0.4, -0.2) is 37.0 Å². The Hall–Kier alpha value is -1.61. The van der Waals surface area contributed by atoms with E-state index in [2.05, 4.69) is 51.0 Å². The van der Waals surface area contributed by atoms with Crippen LogP contribution in [0.25, 0.3) is 5.57 Å². The van der Waals surface area contributed by atoms with Crippen molar-refractivity contribution in [1.82, 2.24) is 10.2 Å². The van der Waals surface area contributed by atoms with E-state index in [9.17, 15) is 4.79 Å². The SMILES string of the molecule is C/C(=C\C(C)(C)C)c1ccc(C(=O)NC2CCN(C)CC2)cc1. The topological polar surface area (TPSA) is 32.3 Å². The summed E-state index contributed by atoms with van der Waals surface area (Å²) >= 11 is 0. The maximum Gasteiger partial charge on any atom is 0.251 e. The third-order valence-corrected chi connectivity index (χ3v) is 4.31. The molecule has 1 aromatic rings. The number of piperidine rings is 1. The second-order valence-electron chi connectivity index (χ2n) is 7.82. The Kier molecular flexibility index (Phi) is 5.64. The van der Waals surface area contributed by atoms with Crippen molar-refractivity contribution in [1.29, 1.82) is 0 Å². The van der Waals surface area contributed by atoms with Crippen molar-refractivity contribution in [3.05, 3.63) is 41.5 Å². The zero-order valence-corrected chi connectivity index (χ0v) is 15.1. The summed E-state index contributed by atoms with van der Waals surface area (Å²) in [5.74, 6) is 0.0450. The van der Waals surface area contributed by atoms with Crippen molar-refractivity contribution in [3.8, 4) is 0 Å². The highest BCUT2D eigenvalue weighted by atomic mass is 16.1. The minimum absolute atomic E-state index is 0.0450. The van der Waals surface area contributed by atoms with Crippen molar-refractivity contribution >= 4 is 11.5 Å². The van der Waals surface area contributed by atoms with Crippen molar-refractivity contribution < 1.29 is 4.79 Å². The number of benzene rings is 1. The second kappa shape index (κ2) is 7.31. The number of allylic oxidation sites excluding steroid dienone is 2.